The lowest BCUT2D eigenvalue weighted by atomic mass is 10.1. The largest absolute Gasteiger partial charge is 0.352 e. The van der Waals surface area contributed by atoms with Gasteiger partial charge in [-0.2, -0.15) is 0 Å². The van der Waals surface area contributed by atoms with Crippen molar-refractivity contribution < 1.29 is 4.79 Å². The summed E-state index contributed by atoms with van der Waals surface area (Å²) in [4.78, 5) is 11.9. The van der Waals surface area contributed by atoms with Gasteiger partial charge in [0.05, 0.1) is 0 Å². The molecule has 1 fully saturated rings. The second-order valence-electron chi connectivity index (χ2n) is 4.26. The van der Waals surface area contributed by atoms with E-state index < -0.39 is 5.38 Å². The third-order valence-corrected chi connectivity index (χ3v) is 3.47. The first kappa shape index (κ1) is 11.5. The fourth-order valence-corrected chi connectivity index (χ4v) is 2.33. The maximum atomic E-state index is 11.9. The van der Waals surface area contributed by atoms with E-state index in [-0.39, 0.29) is 5.91 Å². The number of carbonyl (C=O) groups excluding carboxylic acids is 1. The van der Waals surface area contributed by atoms with Crippen molar-refractivity contribution in [2.45, 2.75) is 37.1 Å². The van der Waals surface area contributed by atoms with Gasteiger partial charge >= 0.3 is 0 Å². The molecular formula is C13H16ClNO. The predicted octanol–water partition coefficient (Wildman–Crippen LogP) is 3.03. The molecule has 16 heavy (non-hydrogen) atoms. The lowest BCUT2D eigenvalue weighted by Crippen LogP contribution is -2.34. The highest BCUT2D eigenvalue weighted by Crippen LogP contribution is 2.23. The van der Waals surface area contributed by atoms with Gasteiger partial charge in [-0.15, -0.1) is 11.6 Å². The van der Waals surface area contributed by atoms with Crippen molar-refractivity contribution in [2.24, 2.45) is 0 Å². The van der Waals surface area contributed by atoms with Crippen molar-refractivity contribution in [3.8, 4) is 0 Å². The summed E-state index contributed by atoms with van der Waals surface area (Å²) in [6.07, 6.45) is 4.60. The van der Waals surface area contributed by atoms with E-state index in [2.05, 4.69) is 5.32 Å². The van der Waals surface area contributed by atoms with Gasteiger partial charge in [0.2, 0.25) is 5.91 Å². The molecule has 0 radical (unpaired) electrons. The highest BCUT2D eigenvalue weighted by Gasteiger charge is 2.22. The Balaban J connectivity index is 1.94. The minimum atomic E-state index is -0.568. The van der Waals surface area contributed by atoms with Crippen LogP contribution in [0.3, 0.4) is 0 Å². The van der Waals surface area contributed by atoms with Crippen molar-refractivity contribution >= 4 is 17.5 Å². The monoisotopic (exact) mass is 237 g/mol. The highest BCUT2D eigenvalue weighted by atomic mass is 35.5. The van der Waals surface area contributed by atoms with Crippen molar-refractivity contribution in [1.82, 2.24) is 5.32 Å². The Hall–Kier alpha value is -1.02. The van der Waals surface area contributed by atoms with Crippen LogP contribution in [0.2, 0.25) is 0 Å². The molecule has 1 aromatic carbocycles. The van der Waals surface area contributed by atoms with Gasteiger partial charge < -0.3 is 5.32 Å². The molecule has 1 atom stereocenters. The van der Waals surface area contributed by atoms with Crippen LogP contribution >= 0.6 is 11.6 Å². The molecule has 1 amide bonds. The summed E-state index contributed by atoms with van der Waals surface area (Å²) in [5.41, 5.74) is 0.861. The molecule has 1 aliphatic rings. The lowest BCUT2D eigenvalue weighted by molar-refractivity contribution is -0.121. The Kier molecular flexibility index (Phi) is 3.83. The van der Waals surface area contributed by atoms with E-state index in [1.165, 1.54) is 12.8 Å². The van der Waals surface area contributed by atoms with Crippen LogP contribution in [-0.2, 0) is 4.79 Å². The summed E-state index contributed by atoms with van der Waals surface area (Å²) < 4.78 is 0. The lowest BCUT2D eigenvalue weighted by Gasteiger charge is -2.15. The van der Waals surface area contributed by atoms with Crippen LogP contribution < -0.4 is 5.32 Å². The fraction of sp³-hybridized carbons (Fsp3) is 0.462. The molecule has 0 bridgehead atoms. The average Bonchev–Trinajstić information content (AvgIpc) is 2.82. The molecule has 0 heterocycles. The SMILES string of the molecule is O=C(NC1CCCC1)C(Cl)c1ccccc1. The first-order valence-electron chi connectivity index (χ1n) is 5.77. The Bertz CT molecular complexity index is 346. The molecule has 2 rings (SSSR count). The van der Waals surface area contributed by atoms with Gasteiger partial charge in [0.1, 0.15) is 5.38 Å². The Labute approximate surface area is 101 Å². The molecule has 1 aliphatic carbocycles. The second kappa shape index (κ2) is 5.35. The number of halogens is 1. The zero-order chi connectivity index (χ0) is 11.4. The van der Waals surface area contributed by atoms with Crippen molar-refractivity contribution in [3.05, 3.63) is 35.9 Å². The fourth-order valence-electron chi connectivity index (χ4n) is 2.12. The van der Waals surface area contributed by atoms with Crippen LogP contribution in [0, 0.1) is 0 Å². The van der Waals surface area contributed by atoms with Crippen LogP contribution in [0.1, 0.15) is 36.6 Å². The zero-order valence-electron chi connectivity index (χ0n) is 9.16. The number of hydrogen-bond acceptors (Lipinski definition) is 1. The van der Waals surface area contributed by atoms with Crippen molar-refractivity contribution in [2.75, 3.05) is 0 Å². The van der Waals surface area contributed by atoms with E-state index >= 15 is 0 Å². The first-order valence-corrected chi connectivity index (χ1v) is 6.20. The smallest absolute Gasteiger partial charge is 0.242 e. The van der Waals surface area contributed by atoms with Gasteiger partial charge in [-0.3, -0.25) is 4.79 Å². The van der Waals surface area contributed by atoms with E-state index in [9.17, 15) is 4.79 Å². The molecule has 0 saturated heterocycles. The van der Waals surface area contributed by atoms with E-state index in [0.717, 1.165) is 18.4 Å². The third-order valence-electron chi connectivity index (χ3n) is 3.02. The number of rotatable bonds is 3. The molecule has 2 nitrogen and oxygen atoms in total. The number of benzene rings is 1. The van der Waals surface area contributed by atoms with E-state index in [4.69, 9.17) is 11.6 Å². The Morgan fingerprint density at radius 3 is 2.50 bits per heavy atom. The number of alkyl halides is 1. The zero-order valence-corrected chi connectivity index (χ0v) is 9.91. The van der Waals surface area contributed by atoms with Crippen LogP contribution in [0.5, 0.6) is 0 Å². The second-order valence-corrected chi connectivity index (χ2v) is 4.70. The van der Waals surface area contributed by atoms with Crippen LogP contribution in [-0.4, -0.2) is 11.9 Å². The third kappa shape index (κ3) is 2.76. The Morgan fingerprint density at radius 1 is 1.25 bits per heavy atom. The topological polar surface area (TPSA) is 29.1 Å². The molecule has 86 valence electrons. The first-order chi connectivity index (χ1) is 7.77. The molecule has 0 aromatic heterocycles. The highest BCUT2D eigenvalue weighted by molar-refractivity contribution is 6.30. The van der Waals surface area contributed by atoms with Crippen molar-refractivity contribution in [3.63, 3.8) is 0 Å². The molecule has 1 saturated carbocycles. The molecule has 0 aliphatic heterocycles. The van der Waals surface area contributed by atoms with Gasteiger partial charge in [-0.1, -0.05) is 43.2 Å². The predicted molar refractivity (Wildman–Crippen MR) is 65.4 cm³/mol. The van der Waals surface area contributed by atoms with Gasteiger partial charge in [0.25, 0.3) is 0 Å². The number of nitrogens with one attached hydrogen (secondary N) is 1. The number of carbonyl (C=O) groups is 1. The minimum Gasteiger partial charge on any atom is -0.352 e. The quantitative estimate of drug-likeness (QED) is 0.805. The van der Waals surface area contributed by atoms with E-state index in [1.807, 2.05) is 30.3 Å². The van der Waals surface area contributed by atoms with Crippen LogP contribution in [0.15, 0.2) is 30.3 Å². The van der Waals surface area contributed by atoms with Crippen LogP contribution in [0.4, 0.5) is 0 Å². The molecule has 1 N–H and O–H groups in total. The van der Waals surface area contributed by atoms with E-state index in [0.29, 0.717) is 6.04 Å². The van der Waals surface area contributed by atoms with Gasteiger partial charge in [-0.05, 0) is 18.4 Å². The maximum absolute atomic E-state index is 11.9. The summed E-state index contributed by atoms with van der Waals surface area (Å²) in [5, 5.41) is 2.44. The summed E-state index contributed by atoms with van der Waals surface area (Å²) >= 11 is 6.12. The summed E-state index contributed by atoms with van der Waals surface area (Å²) in [6, 6.07) is 9.80. The molecule has 1 aromatic rings. The average molecular weight is 238 g/mol. The number of amides is 1. The summed E-state index contributed by atoms with van der Waals surface area (Å²) in [6.45, 7) is 0. The molecular weight excluding hydrogens is 222 g/mol. The van der Waals surface area contributed by atoms with Gasteiger partial charge in [0, 0.05) is 6.04 Å². The molecule has 1 unspecified atom stereocenters. The minimum absolute atomic E-state index is 0.0697. The normalized spacial score (nSPS) is 18.3. The summed E-state index contributed by atoms with van der Waals surface area (Å²) in [7, 11) is 0. The standard InChI is InChI=1S/C13H16ClNO/c14-12(10-6-2-1-3-7-10)13(16)15-11-8-4-5-9-11/h1-3,6-7,11-12H,4-5,8-9H2,(H,15,16). The maximum Gasteiger partial charge on any atom is 0.242 e. The summed E-state index contributed by atoms with van der Waals surface area (Å²) in [5.74, 6) is -0.0697. The van der Waals surface area contributed by atoms with Gasteiger partial charge in [-0.25, -0.2) is 0 Å². The van der Waals surface area contributed by atoms with Crippen molar-refractivity contribution in [1.29, 1.82) is 0 Å². The molecule has 3 heteroatoms. The number of hydrogen-bond donors (Lipinski definition) is 1. The molecule has 0 spiro atoms. The van der Waals surface area contributed by atoms with Crippen LogP contribution in [0.25, 0.3) is 0 Å². The Morgan fingerprint density at radius 2 is 1.88 bits per heavy atom. The van der Waals surface area contributed by atoms with E-state index in [1.54, 1.807) is 0 Å². The van der Waals surface area contributed by atoms with Gasteiger partial charge in [0.15, 0.2) is 0 Å².